The largest absolute Gasteiger partial charge is 0.323 e. The number of anilines is 1. The van der Waals surface area contributed by atoms with E-state index in [4.69, 9.17) is 23.2 Å². The zero-order valence-electron chi connectivity index (χ0n) is 17.9. The van der Waals surface area contributed by atoms with Gasteiger partial charge in [0.2, 0.25) is 15.9 Å². The Kier molecular flexibility index (Phi) is 7.62. The summed E-state index contributed by atoms with van der Waals surface area (Å²) in [5.41, 5.74) is 3.32. The molecule has 0 radical (unpaired) electrons. The molecule has 1 unspecified atom stereocenters. The Morgan fingerprint density at radius 2 is 1.56 bits per heavy atom. The summed E-state index contributed by atoms with van der Waals surface area (Å²) in [6, 6.07) is 16.4. The average molecular weight is 491 g/mol. The highest BCUT2D eigenvalue weighted by atomic mass is 35.5. The minimum atomic E-state index is -3.98. The summed E-state index contributed by atoms with van der Waals surface area (Å²) in [7, 11) is -3.98. The van der Waals surface area contributed by atoms with Crippen LogP contribution in [0.2, 0.25) is 10.0 Å². The number of aryl methyl sites for hydroxylation is 3. The van der Waals surface area contributed by atoms with Crippen LogP contribution in [0.25, 0.3) is 0 Å². The van der Waals surface area contributed by atoms with E-state index in [1.54, 1.807) is 38.1 Å². The summed E-state index contributed by atoms with van der Waals surface area (Å²) in [6.07, 6.45) is 0.161. The van der Waals surface area contributed by atoms with Crippen LogP contribution in [0.4, 0.5) is 5.69 Å². The molecular formula is C24H24Cl2N2O3S. The van der Waals surface area contributed by atoms with E-state index in [9.17, 15) is 13.2 Å². The molecule has 1 amide bonds. The van der Waals surface area contributed by atoms with E-state index < -0.39 is 22.0 Å². The van der Waals surface area contributed by atoms with E-state index in [-0.39, 0.29) is 11.3 Å². The van der Waals surface area contributed by atoms with Crippen molar-refractivity contribution in [2.45, 2.75) is 38.1 Å². The van der Waals surface area contributed by atoms with Gasteiger partial charge >= 0.3 is 0 Å². The van der Waals surface area contributed by atoms with Crippen LogP contribution in [0, 0.1) is 20.8 Å². The number of rotatable bonds is 7. The first kappa shape index (κ1) is 24.3. The highest BCUT2D eigenvalue weighted by Gasteiger charge is 2.28. The van der Waals surface area contributed by atoms with Gasteiger partial charge < -0.3 is 5.32 Å². The molecule has 3 aromatic carbocycles. The summed E-state index contributed by atoms with van der Waals surface area (Å²) in [6.45, 7) is 5.39. The Labute approximate surface area is 198 Å². The van der Waals surface area contributed by atoms with Gasteiger partial charge in [0, 0.05) is 5.02 Å². The number of hydrogen-bond acceptors (Lipinski definition) is 3. The number of sulfonamides is 1. The van der Waals surface area contributed by atoms with Gasteiger partial charge in [-0.3, -0.25) is 4.79 Å². The smallest absolute Gasteiger partial charge is 0.242 e. The van der Waals surface area contributed by atoms with Crippen LogP contribution >= 0.6 is 23.2 Å². The van der Waals surface area contributed by atoms with Crippen molar-refractivity contribution in [3.05, 3.63) is 93.0 Å². The number of benzene rings is 3. The number of hydrogen-bond donors (Lipinski definition) is 2. The van der Waals surface area contributed by atoms with Gasteiger partial charge in [-0.25, -0.2) is 8.42 Å². The van der Waals surface area contributed by atoms with Gasteiger partial charge in [-0.05, 0) is 62.1 Å². The third-order valence-electron chi connectivity index (χ3n) is 4.96. The Bertz CT molecular complexity index is 1220. The lowest BCUT2D eigenvalue weighted by atomic mass is 10.1. The molecule has 3 rings (SSSR count). The summed E-state index contributed by atoms with van der Waals surface area (Å²) < 4.78 is 29.2. The Morgan fingerprint density at radius 3 is 2.19 bits per heavy atom. The Morgan fingerprint density at radius 1 is 0.938 bits per heavy atom. The van der Waals surface area contributed by atoms with Gasteiger partial charge in [-0.1, -0.05) is 71.2 Å². The predicted molar refractivity (Wildman–Crippen MR) is 130 cm³/mol. The molecule has 0 saturated heterocycles. The molecule has 32 heavy (non-hydrogen) atoms. The summed E-state index contributed by atoms with van der Waals surface area (Å²) in [4.78, 5) is 13.3. The quantitative estimate of drug-likeness (QED) is 0.462. The first-order chi connectivity index (χ1) is 15.1. The van der Waals surface area contributed by atoms with Crippen LogP contribution in [0.3, 0.4) is 0 Å². The van der Waals surface area contributed by atoms with Crippen molar-refractivity contribution in [3.63, 3.8) is 0 Å². The number of halogens is 2. The highest BCUT2D eigenvalue weighted by molar-refractivity contribution is 7.89. The average Bonchev–Trinajstić information content (AvgIpc) is 2.69. The molecule has 168 valence electrons. The first-order valence-corrected chi connectivity index (χ1v) is 12.2. The molecule has 2 N–H and O–H groups in total. The van der Waals surface area contributed by atoms with E-state index in [0.29, 0.717) is 26.9 Å². The van der Waals surface area contributed by atoms with Crippen LogP contribution < -0.4 is 10.0 Å². The van der Waals surface area contributed by atoms with Crippen molar-refractivity contribution in [1.82, 2.24) is 4.72 Å². The summed E-state index contributed by atoms with van der Waals surface area (Å²) in [5, 5.41) is 3.40. The van der Waals surface area contributed by atoms with Crippen molar-refractivity contribution < 1.29 is 13.2 Å². The van der Waals surface area contributed by atoms with Crippen molar-refractivity contribution in [2.24, 2.45) is 0 Å². The minimum Gasteiger partial charge on any atom is -0.323 e. The third-order valence-corrected chi connectivity index (χ3v) is 7.30. The van der Waals surface area contributed by atoms with Gasteiger partial charge in [-0.15, -0.1) is 0 Å². The zero-order chi connectivity index (χ0) is 23.5. The molecule has 0 heterocycles. The topological polar surface area (TPSA) is 75.3 Å². The maximum atomic E-state index is 13.3. The van der Waals surface area contributed by atoms with Crippen LogP contribution in [0.15, 0.2) is 65.6 Å². The summed E-state index contributed by atoms with van der Waals surface area (Å²) >= 11 is 12.2. The molecular weight excluding hydrogens is 467 g/mol. The molecule has 0 spiro atoms. The lowest BCUT2D eigenvalue weighted by Gasteiger charge is -2.21. The van der Waals surface area contributed by atoms with Crippen molar-refractivity contribution in [2.75, 3.05) is 5.32 Å². The molecule has 5 nitrogen and oxygen atoms in total. The number of carbonyl (C=O) groups is 1. The normalized spacial score (nSPS) is 12.4. The molecule has 3 aromatic rings. The second-order valence-electron chi connectivity index (χ2n) is 7.70. The molecule has 0 aromatic heterocycles. The second kappa shape index (κ2) is 10.0. The van der Waals surface area contributed by atoms with Gasteiger partial charge in [0.25, 0.3) is 0 Å². The molecule has 0 saturated carbocycles. The SMILES string of the molecule is Cc1cc(C)c(S(=O)(=O)NC(Cc2ccccc2)C(=O)Nc2cc(Cl)ccc2Cl)c(C)c1. The predicted octanol–water partition coefficient (Wildman–Crippen LogP) is 5.45. The van der Waals surface area contributed by atoms with Crippen LogP contribution in [0.5, 0.6) is 0 Å². The lowest BCUT2D eigenvalue weighted by Crippen LogP contribution is -2.45. The van der Waals surface area contributed by atoms with Crippen molar-refractivity contribution in [1.29, 1.82) is 0 Å². The molecule has 0 bridgehead atoms. The molecule has 0 aliphatic carbocycles. The van der Waals surface area contributed by atoms with Gasteiger partial charge in [-0.2, -0.15) is 4.72 Å². The van der Waals surface area contributed by atoms with Crippen LogP contribution in [-0.4, -0.2) is 20.4 Å². The number of carbonyl (C=O) groups excluding carboxylic acids is 1. The maximum Gasteiger partial charge on any atom is 0.242 e. The van der Waals surface area contributed by atoms with Crippen LogP contribution in [0.1, 0.15) is 22.3 Å². The van der Waals surface area contributed by atoms with Gasteiger partial charge in [0.05, 0.1) is 15.6 Å². The fourth-order valence-electron chi connectivity index (χ4n) is 3.69. The third kappa shape index (κ3) is 5.90. The number of nitrogens with one attached hydrogen (secondary N) is 2. The lowest BCUT2D eigenvalue weighted by molar-refractivity contribution is -0.117. The number of amides is 1. The summed E-state index contributed by atoms with van der Waals surface area (Å²) in [5.74, 6) is -0.538. The van der Waals surface area contributed by atoms with E-state index in [2.05, 4.69) is 10.0 Å². The van der Waals surface area contributed by atoms with Gasteiger partial charge in [0.15, 0.2) is 0 Å². The first-order valence-electron chi connectivity index (χ1n) is 9.97. The second-order valence-corrected chi connectivity index (χ2v) is 10.2. The molecule has 8 heteroatoms. The standard InChI is InChI=1S/C24H24Cl2N2O3S/c1-15-11-16(2)23(17(3)12-15)32(30,31)28-22(13-18-7-5-4-6-8-18)24(29)27-21-14-19(25)9-10-20(21)26/h4-12,14,22,28H,13H2,1-3H3,(H,27,29). The molecule has 1 atom stereocenters. The van der Waals surface area contributed by atoms with E-state index in [1.165, 1.54) is 6.07 Å². The monoisotopic (exact) mass is 490 g/mol. The Balaban J connectivity index is 1.96. The van der Waals surface area contributed by atoms with E-state index in [1.807, 2.05) is 37.3 Å². The molecule has 0 fully saturated rings. The fourth-order valence-corrected chi connectivity index (χ4v) is 5.67. The van der Waals surface area contributed by atoms with E-state index in [0.717, 1.165) is 11.1 Å². The minimum absolute atomic E-state index is 0.161. The molecule has 0 aliphatic rings. The highest BCUT2D eigenvalue weighted by Crippen LogP contribution is 2.26. The Hall–Kier alpha value is -2.38. The molecule has 0 aliphatic heterocycles. The maximum absolute atomic E-state index is 13.3. The van der Waals surface area contributed by atoms with Crippen LogP contribution in [-0.2, 0) is 21.2 Å². The van der Waals surface area contributed by atoms with Crippen molar-refractivity contribution >= 4 is 44.8 Å². The van der Waals surface area contributed by atoms with Gasteiger partial charge in [0.1, 0.15) is 6.04 Å². The fraction of sp³-hybridized carbons (Fsp3) is 0.208. The zero-order valence-corrected chi connectivity index (χ0v) is 20.3. The van der Waals surface area contributed by atoms with E-state index >= 15 is 0 Å². The van der Waals surface area contributed by atoms with Crippen molar-refractivity contribution in [3.8, 4) is 0 Å².